The Morgan fingerprint density at radius 3 is 2.73 bits per heavy atom. The second kappa shape index (κ2) is 9.43. The van der Waals surface area contributed by atoms with Crippen LogP contribution < -0.4 is 15.5 Å². The third-order valence-corrected chi connectivity index (χ3v) is 3.87. The second-order valence-corrected chi connectivity index (χ2v) is 5.67. The minimum Gasteiger partial charge on any atom is -0.383 e. The monoisotopic (exact) mass is 305 g/mol. The third kappa shape index (κ3) is 5.66. The van der Waals surface area contributed by atoms with Gasteiger partial charge in [-0.05, 0) is 31.0 Å². The van der Waals surface area contributed by atoms with Crippen molar-refractivity contribution in [2.24, 2.45) is 0 Å². The molecule has 0 unspecified atom stereocenters. The Bertz CT molecular complexity index is 457. The Hall–Kier alpha value is -1.59. The zero-order valence-electron chi connectivity index (χ0n) is 13.4. The highest BCUT2D eigenvalue weighted by molar-refractivity contribution is 5.92. The molecule has 0 aromatic heterocycles. The number of ether oxygens (including phenoxy) is 1. The summed E-state index contributed by atoms with van der Waals surface area (Å²) in [6, 6.07) is 8.14. The molecule has 5 nitrogen and oxygen atoms in total. The molecule has 122 valence electrons. The normalized spacial score (nSPS) is 15.4. The van der Waals surface area contributed by atoms with Gasteiger partial charge in [-0.1, -0.05) is 18.9 Å². The number of hydrogen-bond donors (Lipinski definition) is 2. The molecule has 2 N–H and O–H groups in total. The molecule has 1 aliphatic rings. The summed E-state index contributed by atoms with van der Waals surface area (Å²) in [7, 11) is 1.65. The number of amides is 1. The zero-order chi connectivity index (χ0) is 15.6. The van der Waals surface area contributed by atoms with Crippen molar-refractivity contribution >= 4 is 17.3 Å². The molecule has 1 saturated heterocycles. The average Bonchev–Trinajstić information content (AvgIpc) is 2.81. The lowest BCUT2D eigenvalue weighted by molar-refractivity contribution is -0.115. The Balaban J connectivity index is 1.86. The molecule has 2 rings (SSSR count). The van der Waals surface area contributed by atoms with Crippen LogP contribution in [0.4, 0.5) is 11.4 Å². The molecule has 0 atom stereocenters. The largest absolute Gasteiger partial charge is 0.383 e. The van der Waals surface area contributed by atoms with E-state index in [1.165, 1.54) is 31.4 Å². The maximum Gasteiger partial charge on any atom is 0.238 e. The van der Waals surface area contributed by atoms with Gasteiger partial charge in [0.15, 0.2) is 0 Å². The van der Waals surface area contributed by atoms with Crippen LogP contribution in [-0.2, 0) is 9.53 Å². The van der Waals surface area contributed by atoms with Crippen molar-refractivity contribution in [1.29, 1.82) is 0 Å². The first-order valence-corrected chi connectivity index (χ1v) is 8.14. The summed E-state index contributed by atoms with van der Waals surface area (Å²) in [6.07, 6.45) is 5.14. The molecule has 0 spiro atoms. The molecule has 1 aromatic carbocycles. The topological polar surface area (TPSA) is 53.6 Å². The average molecular weight is 305 g/mol. The second-order valence-electron chi connectivity index (χ2n) is 5.67. The minimum atomic E-state index is -0.0240. The molecule has 1 heterocycles. The van der Waals surface area contributed by atoms with E-state index in [1.54, 1.807) is 7.11 Å². The number of anilines is 2. The van der Waals surface area contributed by atoms with Crippen molar-refractivity contribution in [1.82, 2.24) is 5.32 Å². The van der Waals surface area contributed by atoms with Crippen LogP contribution in [0.2, 0.25) is 0 Å². The number of carbonyl (C=O) groups excluding carboxylic acids is 1. The molecular weight excluding hydrogens is 278 g/mol. The van der Waals surface area contributed by atoms with Crippen LogP contribution in [0.5, 0.6) is 0 Å². The lowest BCUT2D eigenvalue weighted by Gasteiger charge is -2.23. The smallest absolute Gasteiger partial charge is 0.238 e. The lowest BCUT2D eigenvalue weighted by Crippen LogP contribution is -2.30. The third-order valence-electron chi connectivity index (χ3n) is 3.87. The van der Waals surface area contributed by atoms with Gasteiger partial charge in [-0.3, -0.25) is 4.79 Å². The number of carbonyl (C=O) groups is 1. The first kappa shape index (κ1) is 16.8. The van der Waals surface area contributed by atoms with E-state index in [4.69, 9.17) is 4.74 Å². The molecule has 22 heavy (non-hydrogen) atoms. The number of methoxy groups -OCH3 is 1. The summed E-state index contributed by atoms with van der Waals surface area (Å²) in [5, 5.41) is 5.99. The van der Waals surface area contributed by atoms with Gasteiger partial charge in [0.25, 0.3) is 0 Å². The summed E-state index contributed by atoms with van der Waals surface area (Å²) >= 11 is 0. The SMILES string of the molecule is COCCNCC(=O)Nc1cccc(N2CCCCCC2)c1. The Morgan fingerprint density at radius 2 is 2.00 bits per heavy atom. The molecular formula is C17H27N3O2. The highest BCUT2D eigenvalue weighted by atomic mass is 16.5. The van der Waals surface area contributed by atoms with Gasteiger partial charge in [-0.15, -0.1) is 0 Å². The van der Waals surface area contributed by atoms with Gasteiger partial charge in [0.2, 0.25) is 5.91 Å². The van der Waals surface area contributed by atoms with Crippen molar-refractivity contribution < 1.29 is 9.53 Å². The Kier molecular flexibility index (Phi) is 7.19. The number of rotatable bonds is 7. The molecule has 0 saturated carbocycles. The molecule has 0 bridgehead atoms. The van der Waals surface area contributed by atoms with Gasteiger partial charge in [0.1, 0.15) is 0 Å². The van der Waals surface area contributed by atoms with E-state index < -0.39 is 0 Å². The van der Waals surface area contributed by atoms with E-state index in [0.717, 1.165) is 18.8 Å². The van der Waals surface area contributed by atoms with Gasteiger partial charge in [0, 0.05) is 38.1 Å². The zero-order valence-corrected chi connectivity index (χ0v) is 13.4. The molecule has 1 fully saturated rings. The van der Waals surface area contributed by atoms with Crippen LogP contribution in [0, 0.1) is 0 Å². The first-order valence-electron chi connectivity index (χ1n) is 8.14. The first-order chi connectivity index (χ1) is 10.8. The van der Waals surface area contributed by atoms with E-state index in [-0.39, 0.29) is 5.91 Å². The van der Waals surface area contributed by atoms with E-state index in [9.17, 15) is 4.79 Å². The number of hydrogen-bond acceptors (Lipinski definition) is 4. The number of benzene rings is 1. The summed E-state index contributed by atoms with van der Waals surface area (Å²) in [6.45, 7) is 3.80. The number of nitrogens with zero attached hydrogens (tertiary/aromatic N) is 1. The van der Waals surface area contributed by atoms with Gasteiger partial charge in [0.05, 0.1) is 13.2 Å². The standard InChI is InChI=1S/C17H27N3O2/c1-22-12-9-18-14-17(21)19-15-7-6-8-16(13-15)20-10-4-2-3-5-11-20/h6-8,13,18H,2-5,9-12,14H2,1H3,(H,19,21). The maximum absolute atomic E-state index is 11.9. The molecule has 0 aliphatic carbocycles. The molecule has 1 amide bonds. The van der Waals surface area contributed by atoms with Gasteiger partial charge >= 0.3 is 0 Å². The van der Waals surface area contributed by atoms with Gasteiger partial charge in [-0.2, -0.15) is 0 Å². The van der Waals surface area contributed by atoms with Crippen LogP contribution in [0.1, 0.15) is 25.7 Å². The minimum absolute atomic E-state index is 0.0240. The van der Waals surface area contributed by atoms with Crippen LogP contribution >= 0.6 is 0 Å². The molecule has 1 aromatic rings. The van der Waals surface area contributed by atoms with Gasteiger partial charge in [-0.25, -0.2) is 0 Å². The van der Waals surface area contributed by atoms with Crippen LogP contribution in [0.25, 0.3) is 0 Å². The van der Waals surface area contributed by atoms with Crippen molar-refractivity contribution in [2.45, 2.75) is 25.7 Å². The summed E-state index contributed by atoms with van der Waals surface area (Å²) in [5.74, 6) is -0.0240. The maximum atomic E-state index is 11.9. The van der Waals surface area contributed by atoms with Crippen molar-refractivity contribution in [3.63, 3.8) is 0 Å². The summed E-state index contributed by atoms with van der Waals surface area (Å²) in [5.41, 5.74) is 2.06. The van der Waals surface area contributed by atoms with Crippen LogP contribution in [-0.4, -0.2) is 45.8 Å². The van der Waals surface area contributed by atoms with E-state index in [0.29, 0.717) is 19.7 Å². The van der Waals surface area contributed by atoms with Crippen LogP contribution in [0.3, 0.4) is 0 Å². The molecule has 1 aliphatic heterocycles. The van der Waals surface area contributed by atoms with E-state index in [2.05, 4.69) is 27.7 Å². The highest BCUT2D eigenvalue weighted by Gasteiger charge is 2.10. The fourth-order valence-electron chi connectivity index (χ4n) is 2.69. The van der Waals surface area contributed by atoms with Gasteiger partial charge < -0.3 is 20.3 Å². The fraction of sp³-hybridized carbons (Fsp3) is 0.588. The molecule has 0 radical (unpaired) electrons. The quantitative estimate of drug-likeness (QED) is 0.759. The summed E-state index contributed by atoms with van der Waals surface area (Å²) < 4.78 is 4.94. The van der Waals surface area contributed by atoms with Crippen molar-refractivity contribution in [2.75, 3.05) is 50.1 Å². The summed E-state index contributed by atoms with van der Waals surface area (Å²) in [4.78, 5) is 14.3. The predicted molar refractivity (Wildman–Crippen MR) is 90.5 cm³/mol. The van der Waals surface area contributed by atoms with Crippen molar-refractivity contribution in [3.05, 3.63) is 24.3 Å². The van der Waals surface area contributed by atoms with Crippen molar-refractivity contribution in [3.8, 4) is 0 Å². The van der Waals surface area contributed by atoms with E-state index >= 15 is 0 Å². The van der Waals surface area contributed by atoms with E-state index in [1.807, 2.05) is 12.1 Å². The molecule has 5 heteroatoms. The Labute approximate surface area is 133 Å². The number of nitrogens with one attached hydrogen (secondary N) is 2. The highest BCUT2D eigenvalue weighted by Crippen LogP contribution is 2.22. The fourth-order valence-corrected chi connectivity index (χ4v) is 2.69. The predicted octanol–water partition coefficient (Wildman–Crippen LogP) is 2.24. The lowest BCUT2D eigenvalue weighted by atomic mass is 10.2. The Morgan fingerprint density at radius 1 is 1.23 bits per heavy atom. The van der Waals surface area contributed by atoms with Crippen LogP contribution in [0.15, 0.2) is 24.3 Å².